The molecule has 3 aromatic rings. The van der Waals surface area contributed by atoms with E-state index in [-0.39, 0.29) is 29.4 Å². The van der Waals surface area contributed by atoms with Crippen LogP contribution in [0.1, 0.15) is 27.0 Å². The first-order valence-electron chi connectivity index (χ1n) is 9.41. The van der Waals surface area contributed by atoms with Crippen molar-refractivity contribution >= 4 is 23.7 Å². The van der Waals surface area contributed by atoms with E-state index in [1.165, 1.54) is 37.7 Å². The van der Waals surface area contributed by atoms with Gasteiger partial charge in [-0.3, -0.25) is 15.5 Å². The smallest absolute Gasteiger partial charge is 0.337 e. The maximum absolute atomic E-state index is 11.7. The molecule has 0 spiro atoms. The molecule has 10 nitrogen and oxygen atoms in total. The topological polar surface area (TPSA) is 136 Å². The Morgan fingerprint density at radius 2 is 2.06 bits per heavy atom. The Hall–Kier alpha value is -4.47. The first kappa shape index (κ1) is 22.2. The van der Waals surface area contributed by atoms with Crippen LogP contribution in [0.2, 0.25) is 0 Å². The molecule has 2 N–H and O–H groups in total. The number of ether oxygens (including phenoxy) is 2. The highest BCUT2D eigenvalue weighted by molar-refractivity contribution is 5.87. The predicted molar refractivity (Wildman–Crippen MR) is 118 cm³/mol. The minimum absolute atomic E-state index is 0.0248. The molecule has 0 aliphatic carbocycles. The highest BCUT2D eigenvalue weighted by atomic mass is 16.6. The van der Waals surface area contributed by atoms with Crippen LogP contribution < -0.4 is 14.9 Å². The number of nitrogens with one attached hydrogen (secondary N) is 1. The van der Waals surface area contributed by atoms with Gasteiger partial charge >= 0.3 is 11.7 Å². The largest absolute Gasteiger partial charge is 0.493 e. The van der Waals surface area contributed by atoms with Crippen molar-refractivity contribution in [2.75, 3.05) is 12.5 Å². The van der Waals surface area contributed by atoms with Crippen LogP contribution in [-0.4, -0.2) is 34.3 Å². The van der Waals surface area contributed by atoms with E-state index in [9.17, 15) is 14.9 Å². The monoisotopic (exact) mass is 436 g/mol. The van der Waals surface area contributed by atoms with Crippen molar-refractivity contribution < 1.29 is 24.3 Å². The van der Waals surface area contributed by atoms with E-state index in [2.05, 4.69) is 15.5 Å². The zero-order valence-electron chi connectivity index (χ0n) is 17.3. The van der Waals surface area contributed by atoms with E-state index >= 15 is 0 Å². The molecule has 32 heavy (non-hydrogen) atoms. The van der Waals surface area contributed by atoms with Crippen molar-refractivity contribution in [2.45, 2.75) is 13.5 Å². The standard InChI is InChI=1S/C22H20N4O6/c1-14-5-3-4-6-17(14)13-32-21-18(26(29)30)9-15(10-19(21)31-2)11-24-25-20-8-7-16(12-23-20)22(27)28/h3-12H,13H2,1-2H3,(H,23,25)(H,27,28)/b24-11+. The third-order valence-corrected chi connectivity index (χ3v) is 4.51. The van der Waals surface area contributed by atoms with Gasteiger partial charge in [-0.15, -0.1) is 0 Å². The fourth-order valence-electron chi connectivity index (χ4n) is 2.80. The number of aryl methyl sites for hydroxylation is 1. The summed E-state index contributed by atoms with van der Waals surface area (Å²) in [6.07, 6.45) is 2.54. The molecule has 0 saturated carbocycles. The number of aromatic nitrogens is 1. The quantitative estimate of drug-likeness (QED) is 0.291. The van der Waals surface area contributed by atoms with E-state index in [1.54, 1.807) is 6.07 Å². The summed E-state index contributed by atoms with van der Waals surface area (Å²) in [5.41, 5.74) is 4.72. The lowest BCUT2D eigenvalue weighted by Gasteiger charge is -2.13. The number of anilines is 1. The number of nitro benzene ring substituents is 1. The Balaban J connectivity index is 1.80. The molecule has 3 rings (SSSR count). The highest BCUT2D eigenvalue weighted by Gasteiger charge is 2.22. The van der Waals surface area contributed by atoms with Crippen LogP contribution >= 0.6 is 0 Å². The molecule has 0 aliphatic rings. The van der Waals surface area contributed by atoms with Crippen LogP contribution in [0.25, 0.3) is 0 Å². The number of carboxylic acids is 1. The Kier molecular flexibility index (Phi) is 6.96. The molecule has 0 bridgehead atoms. The lowest BCUT2D eigenvalue weighted by molar-refractivity contribution is -0.386. The third kappa shape index (κ3) is 5.36. The number of hydrogen-bond donors (Lipinski definition) is 2. The number of nitro groups is 1. The number of methoxy groups -OCH3 is 1. The summed E-state index contributed by atoms with van der Waals surface area (Å²) in [5.74, 6) is -0.558. The van der Waals surface area contributed by atoms with Gasteiger partial charge in [0, 0.05) is 17.8 Å². The summed E-state index contributed by atoms with van der Waals surface area (Å²) in [6.45, 7) is 2.08. The number of hydrogen-bond acceptors (Lipinski definition) is 8. The Morgan fingerprint density at radius 1 is 1.28 bits per heavy atom. The first-order valence-corrected chi connectivity index (χ1v) is 9.41. The van der Waals surface area contributed by atoms with Crippen molar-refractivity contribution in [3.05, 3.63) is 87.1 Å². The third-order valence-electron chi connectivity index (χ3n) is 4.51. The van der Waals surface area contributed by atoms with Crippen LogP contribution in [-0.2, 0) is 6.61 Å². The summed E-state index contributed by atoms with van der Waals surface area (Å²) in [6, 6.07) is 13.3. The number of carbonyl (C=O) groups is 1. The van der Waals surface area contributed by atoms with E-state index in [1.807, 2.05) is 31.2 Å². The van der Waals surface area contributed by atoms with Crippen molar-refractivity contribution in [1.82, 2.24) is 4.98 Å². The Labute approximate surface area is 183 Å². The summed E-state index contributed by atoms with van der Waals surface area (Å²) < 4.78 is 11.1. The summed E-state index contributed by atoms with van der Waals surface area (Å²) in [7, 11) is 1.40. The summed E-state index contributed by atoms with van der Waals surface area (Å²) in [4.78, 5) is 25.9. The van der Waals surface area contributed by atoms with Crippen molar-refractivity contribution in [3.63, 3.8) is 0 Å². The van der Waals surface area contributed by atoms with Crippen LogP contribution in [0.15, 0.2) is 59.8 Å². The van der Waals surface area contributed by atoms with Crippen LogP contribution in [0.4, 0.5) is 11.5 Å². The lowest BCUT2D eigenvalue weighted by Crippen LogP contribution is -2.04. The van der Waals surface area contributed by atoms with Gasteiger partial charge in [-0.2, -0.15) is 5.10 Å². The molecule has 164 valence electrons. The minimum atomic E-state index is -1.09. The Bertz CT molecular complexity index is 1160. The molecule has 1 heterocycles. The van der Waals surface area contributed by atoms with E-state index in [0.29, 0.717) is 11.4 Å². The molecular weight excluding hydrogens is 416 g/mol. The minimum Gasteiger partial charge on any atom is -0.493 e. The average Bonchev–Trinajstić information content (AvgIpc) is 2.78. The number of aromatic carboxylic acids is 1. The SMILES string of the molecule is COc1cc(/C=N/Nc2ccc(C(=O)O)cn2)cc([N+](=O)[O-])c1OCc1ccccc1C. The number of rotatable bonds is 9. The zero-order chi connectivity index (χ0) is 23.1. The van der Waals surface area contributed by atoms with Gasteiger partial charge in [0.1, 0.15) is 12.4 Å². The summed E-state index contributed by atoms with van der Waals surface area (Å²) in [5, 5.41) is 24.5. The van der Waals surface area contributed by atoms with Gasteiger partial charge in [0.15, 0.2) is 5.75 Å². The Morgan fingerprint density at radius 3 is 2.69 bits per heavy atom. The molecule has 0 saturated heterocycles. The number of pyridine rings is 1. The van der Waals surface area contributed by atoms with E-state index in [4.69, 9.17) is 14.6 Å². The lowest BCUT2D eigenvalue weighted by atomic mass is 10.1. The number of carboxylic acid groups (broad SMARTS) is 1. The second-order valence-corrected chi connectivity index (χ2v) is 6.65. The van der Waals surface area contributed by atoms with Gasteiger partial charge in [-0.25, -0.2) is 9.78 Å². The number of nitrogens with zero attached hydrogens (tertiary/aromatic N) is 3. The molecule has 0 amide bonds. The van der Waals surface area contributed by atoms with Crippen LogP contribution in [0.5, 0.6) is 11.5 Å². The fourth-order valence-corrected chi connectivity index (χ4v) is 2.80. The molecule has 1 aromatic heterocycles. The second kappa shape index (κ2) is 10.0. The fraction of sp³-hybridized carbons (Fsp3) is 0.136. The van der Waals surface area contributed by atoms with E-state index in [0.717, 1.165) is 11.1 Å². The molecule has 0 radical (unpaired) electrons. The second-order valence-electron chi connectivity index (χ2n) is 6.65. The van der Waals surface area contributed by atoms with E-state index < -0.39 is 10.9 Å². The van der Waals surface area contributed by atoms with Gasteiger partial charge in [0.05, 0.1) is 23.8 Å². The zero-order valence-corrected chi connectivity index (χ0v) is 17.3. The van der Waals surface area contributed by atoms with Gasteiger partial charge in [0.25, 0.3) is 0 Å². The molecule has 10 heteroatoms. The van der Waals surface area contributed by atoms with Crippen molar-refractivity contribution in [2.24, 2.45) is 5.10 Å². The van der Waals surface area contributed by atoms with Crippen LogP contribution in [0, 0.1) is 17.0 Å². The normalized spacial score (nSPS) is 10.7. The van der Waals surface area contributed by atoms with Gasteiger partial charge < -0.3 is 14.6 Å². The van der Waals surface area contributed by atoms with Gasteiger partial charge in [-0.1, -0.05) is 24.3 Å². The molecular formula is C22H20N4O6. The predicted octanol–water partition coefficient (Wildman–Crippen LogP) is 4.03. The highest BCUT2D eigenvalue weighted by Crippen LogP contribution is 2.38. The molecule has 0 aliphatic heterocycles. The molecule has 2 aromatic carbocycles. The van der Waals surface area contributed by atoms with Crippen molar-refractivity contribution in [1.29, 1.82) is 0 Å². The number of hydrazone groups is 1. The average molecular weight is 436 g/mol. The van der Waals surface area contributed by atoms with Gasteiger partial charge in [-0.05, 0) is 36.2 Å². The summed E-state index contributed by atoms with van der Waals surface area (Å²) >= 11 is 0. The van der Waals surface area contributed by atoms with Crippen LogP contribution in [0.3, 0.4) is 0 Å². The molecule has 0 fully saturated rings. The maximum Gasteiger partial charge on any atom is 0.337 e. The first-order chi connectivity index (χ1) is 15.4. The number of benzene rings is 2. The van der Waals surface area contributed by atoms with Crippen molar-refractivity contribution in [3.8, 4) is 11.5 Å². The maximum atomic E-state index is 11.7. The molecule has 0 atom stereocenters. The molecule has 0 unspecified atom stereocenters. The van der Waals surface area contributed by atoms with Gasteiger partial charge in [0.2, 0.25) is 5.75 Å².